The number of anilines is 5. The predicted octanol–water partition coefficient (Wildman–Crippen LogP) is 4.30. The van der Waals surface area contributed by atoms with Crippen molar-refractivity contribution in [3.05, 3.63) is 82.3 Å². The second kappa shape index (κ2) is 13.8. The van der Waals surface area contributed by atoms with Crippen LogP contribution in [0.5, 0.6) is 0 Å². The summed E-state index contributed by atoms with van der Waals surface area (Å²) < 4.78 is 9.11. The van der Waals surface area contributed by atoms with Gasteiger partial charge in [-0.15, -0.1) is 0 Å². The van der Waals surface area contributed by atoms with Crippen LogP contribution in [0, 0.1) is 12.3 Å². The van der Waals surface area contributed by atoms with Crippen molar-refractivity contribution in [2.45, 2.75) is 65.6 Å². The maximum atomic E-state index is 14.1. The third-order valence-corrected chi connectivity index (χ3v) is 11.3. The van der Waals surface area contributed by atoms with Crippen molar-refractivity contribution in [1.29, 1.82) is 0 Å². The Hall–Kier alpha value is -5.34. The van der Waals surface area contributed by atoms with Crippen molar-refractivity contribution < 1.29 is 14.3 Å². The van der Waals surface area contributed by atoms with Crippen molar-refractivity contribution in [1.82, 2.24) is 29.0 Å². The Morgan fingerprint density at radius 1 is 1.07 bits per heavy atom. The summed E-state index contributed by atoms with van der Waals surface area (Å²) in [6, 6.07) is 6.30. The molecule has 0 bridgehead atoms. The summed E-state index contributed by atoms with van der Waals surface area (Å²) in [6.45, 7) is 17.6. The second-order valence-corrected chi connectivity index (χ2v) is 15.8. The molecule has 3 aliphatic heterocycles. The molecule has 282 valence electrons. The van der Waals surface area contributed by atoms with Crippen molar-refractivity contribution in [2.24, 2.45) is 12.5 Å². The normalized spacial score (nSPS) is 19.9. The molecular weight excluding hydrogens is 685 g/mol. The lowest BCUT2D eigenvalue weighted by Crippen LogP contribution is -2.59. The van der Waals surface area contributed by atoms with Gasteiger partial charge >= 0.3 is 0 Å². The molecule has 54 heavy (non-hydrogen) atoms. The van der Waals surface area contributed by atoms with Gasteiger partial charge in [0, 0.05) is 75.0 Å². The van der Waals surface area contributed by atoms with Gasteiger partial charge in [0.15, 0.2) is 11.6 Å². The lowest BCUT2D eigenvalue weighted by Gasteiger charge is -2.46. The Kier molecular flexibility index (Phi) is 9.13. The predicted molar refractivity (Wildman–Crippen MR) is 209 cm³/mol. The minimum atomic E-state index is -0.364. The lowest BCUT2D eigenvalue weighted by atomic mass is 9.90. The molecule has 0 saturated carbocycles. The third-order valence-electron chi connectivity index (χ3n) is 11.3. The number of piperazine rings is 1. The number of hydrogen-bond donors (Lipinski definition) is 2. The molecule has 14 nitrogen and oxygen atoms in total. The first-order chi connectivity index (χ1) is 25.9. The molecule has 14 heteroatoms. The molecule has 0 unspecified atom stereocenters. The Morgan fingerprint density at radius 2 is 1.89 bits per heavy atom. The van der Waals surface area contributed by atoms with Gasteiger partial charge in [-0.3, -0.25) is 24.2 Å². The van der Waals surface area contributed by atoms with Crippen LogP contribution in [-0.2, 0) is 36.0 Å². The zero-order valence-corrected chi connectivity index (χ0v) is 31.7. The van der Waals surface area contributed by atoms with Crippen LogP contribution < -0.4 is 26.0 Å². The molecule has 0 radical (unpaired) electrons. The summed E-state index contributed by atoms with van der Waals surface area (Å²) in [4.78, 5) is 60.9. The van der Waals surface area contributed by atoms with E-state index in [1.54, 1.807) is 36.6 Å². The number of hydrogen-bond acceptors (Lipinski definition) is 10. The first-order valence-corrected chi connectivity index (χ1v) is 18.8. The molecular formula is C40H48N10O4. The lowest BCUT2D eigenvalue weighted by molar-refractivity contribution is -0.111. The average Bonchev–Trinajstić information content (AvgIpc) is 3.53. The van der Waals surface area contributed by atoms with E-state index >= 15 is 0 Å². The van der Waals surface area contributed by atoms with E-state index in [1.807, 2.05) is 13.0 Å². The van der Waals surface area contributed by atoms with Gasteiger partial charge in [-0.1, -0.05) is 20.4 Å². The van der Waals surface area contributed by atoms with Crippen molar-refractivity contribution in [2.75, 3.05) is 59.8 Å². The highest BCUT2D eigenvalue weighted by Crippen LogP contribution is 2.40. The van der Waals surface area contributed by atoms with E-state index in [4.69, 9.17) is 19.7 Å². The van der Waals surface area contributed by atoms with Crippen LogP contribution in [0.25, 0.3) is 11.3 Å². The summed E-state index contributed by atoms with van der Waals surface area (Å²) in [5.74, 6) is 0.900. The summed E-state index contributed by atoms with van der Waals surface area (Å²) in [7, 11) is 1.68. The second-order valence-electron chi connectivity index (χ2n) is 15.8. The molecule has 4 aromatic rings. The van der Waals surface area contributed by atoms with E-state index in [9.17, 15) is 14.4 Å². The number of aromatic nitrogens is 5. The fraction of sp³-hybridized carbons (Fsp3) is 0.450. The van der Waals surface area contributed by atoms with Gasteiger partial charge in [-0.25, -0.2) is 15.0 Å². The van der Waals surface area contributed by atoms with Gasteiger partial charge < -0.3 is 29.4 Å². The number of pyridine rings is 2. The van der Waals surface area contributed by atoms with Gasteiger partial charge in [0.2, 0.25) is 5.91 Å². The Morgan fingerprint density at radius 3 is 2.63 bits per heavy atom. The molecule has 4 aromatic heterocycles. The molecule has 2 N–H and O–H groups in total. The maximum Gasteiger partial charge on any atom is 0.293 e. The smallest absolute Gasteiger partial charge is 0.293 e. The number of ether oxygens (including phenoxy) is 1. The average molecular weight is 733 g/mol. The van der Waals surface area contributed by atoms with Crippen molar-refractivity contribution >= 4 is 40.6 Å². The molecule has 2 saturated heterocycles. The molecule has 4 aliphatic rings. The number of nitrogens with one attached hydrogen (secondary N) is 2. The Balaban J connectivity index is 1.08. The van der Waals surface area contributed by atoms with Gasteiger partial charge in [0.1, 0.15) is 11.5 Å². The highest BCUT2D eigenvalue weighted by atomic mass is 16.5. The van der Waals surface area contributed by atoms with Crippen LogP contribution in [0.15, 0.2) is 54.2 Å². The van der Waals surface area contributed by atoms with Crippen molar-refractivity contribution in [3.8, 4) is 11.3 Å². The topological polar surface area (TPSA) is 143 Å². The molecule has 2 amide bonds. The minimum absolute atomic E-state index is 0.0530. The molecule has 2 fully saturated rings. The van der Waals surface area contributed by atoms with E-state index in [1.165, 1.54) is 21.9 Å². The van der Waals surface area contributed by atoms with Crippen LogP contribution in [-0.4, -0.2) is 92.3 Å². The number of carbonyl (C=O) groups excluding carboxylic acids is 2. The Labute approximate surface area is 314 Å². The molecule has 1 aliphatic carbocycles. The number of rotatable bonds is 8. The SMILES string of the molecule is C=CC(=O)Nc1cc(Nc2nc(-c3ccnc(N4CCCn5c(cc6c5CC(C)(C)C6)C4=O)c3C)cn(C)c2=O)cnc1N1CCN(C2COC2)C[C@@H]1C. The summed E-state index contributed by atoms with van der Waals surface area (Å²) in [5.41, 5.74) is 6.21. The van der Waals surface area contributed by atoms with Crippen LogP contribution >= 0.6 is 0 Å². The number of aryl methyl sites for hydroxylation is 1. The highest BCUT2D eigenvalue weighted by molar-refractivity contribution is 6.06. The zero-order chi connectivity index (χ0) is 37.9. The fourth-order valence-electron chi connectivity index (χ4n) is 8.42. The largest absolute Gasteiger partial charge is 0.378 e. The van der Waals surface area contributed by atoms with Gasteiger partial charge in [0.05, 0.1) is 42.5 Å². The summed E-state index contributed by atoms with van der Waals surface area (Å²) >= 11 is 0. The van der Waals surface area contributed by atoms with E-state index in [0.717, 1.165) is 75.5 Å². The Bertz CT molecular complexity index is 2220. The number of fused-ring (bicyclic) bond motifs is 3. The molecule has 0 spiro atoms. The van der Waals surface area contributed by atoms with E-state index in [-0.39, 0.29) is 34.6 Å². The highest BCUT2D eigenvalue weighted by Gasteiger charge is 2.37. The molecule has 1 atom stereocenters. The summed E-state index contributed by atoms with van der Waals surface area (Å²) in [5, 5.41) is 6.09. The standard InChI is InChI=1S/C40H48N10O4/c1-7-34(51)44-30-16-27(19-42-37(30)48-14-13-47(20-24(48)2)28-22-54-23-28)43-35-39(53)46(6)21-31(45-35)29-9-10-41-36(25(29)3)50-12-8-11-49-32(38(50)52)15-26-17-40(4,5)18-33(26)49/h7,9-10,15-16,19,21,24,28H,1,8,11-14,17-18,20,22-23H2,2-6H3,(H,43,45)(H,44,51)/t24-/m0/s1. The van der Waals surface area contributed by atoms with Crippen molar-refractivity contribution in [3.63, 3.8) is 0 Å². The van der Waals surface area contributed by atoms with Crippen LogP contribution in [0.4, 0.5) is 28.8 Å². The minimum Gasteiger partial charge on any atom is -0.378 e. The first-order valence-electron chi connectivity index (χ1n) is 18.8. The van der Waals surface area contributed by atoms with Crippen LogP contribution in [0.1, 0.15) is 54.5 Å². The first kappa shape index (κ1) is 35.7. The summed E-state index contributed by atoms with van der Waals surface area (Å²) in [6.07, 6.45) is 9.00. The van der Waals surface area contributed by atoms with E-state index in [2.05, 4.69) is 58.4 Å². The number of amides is 2. The van der Waals surface area contributed by atoms with E-state index < -0.39 is 0 Å². The van der Waals surface area contributed by atoms with E-state index in [0.29, 0.717) is 41.3 Å². The van der Waals surface area contributed by atoms with Crippen LogP contribution in [0.3, 0.4) is 0 Å². The third kappa shape index (κ3) is 6.47. The van der Waals surface area contributed by atoms with Crippen LogP contribution in [0.2, 0.25) is 0 Å². The fourth-order valence-corrected chi connectivity index (χ4v) is 8.42. The van der Waals surface area contributed by atoms with Gasteiger partial charge in [-0.2, -0.15) is 0 Å². The van der Waals surface area contributed by atoms with Gasteiger partial charge in [0.25, 0.3) is 11.5 Å². The molecule has 7 heterocycles. The monoisotopic (exact) mass is 732 g/mol. The maximum absolute atomic E-state index is 14.1. The number of carbonyl (C=O) groups is 2. The van der Waals surface area contributed by atoms with Gasteiger partial charge in [-0.05, 0) is 68.4 Å². The number of nitrogens with zero attached hydrogens (tertiary/aromatic N) is 8. The quantitative estimate of drug-likeness (QED) is 0.252. The molecule has 8 rings (SSSR count). The zero-order valence-electron chi connectivity index (χ0n) is 31.7. The molecule has 0 aromatic carbocycles.